The van der Waals surface area contributed by atoms with E-state index in [-0.39, 0.29) is 17.0 Å². The van der Waals surface area contributed by atoms with Gasteiger partial charge in [0.15, 0.2) is 0 Å². The highest BCUT2D eigenvalue weighted by Crippen LogP contribution is 2.29. The van der Waals surface area contributed by atoms with Gasteiger partial charge in [-0.25, -0.2) is 12.7 Å². The zero-order valence-corrected chi connectivity index (χ0v) is 16.5. The fraction of sp³-hybridized carbons (Fsp3) is 0.316. The van der Waals surface area contributed by atoms with Crippen LogP contribution in [0, 0.1) is 6.92 Å². The van der Waals surface area contributed by atoms with Crippen molar-refractivity contribution < 1.29 is 26.4 Å². The van der Waals surface area contributed by atoms with Crippen LogP contribution in [0.25, 0.3) is 0 Å². The highest BCUT2D eigenvalue weighted by atomic mass is 32.2. The second-order valence-electron chi connectivity index (χ2n) is 6.46. The van der Waals surface area contributed by atoms with Crippen LogP contribution in [0.15, 0.2) is 47.4 Å². The molecule has 0 aromatic heterocycles. The van der Waals surface area contributed by atoms with Gasteiger partial charge in [0.1, 0.15) is 0 Å². The molecule has 0 bridgehead atoms. The van der Waals surface area contributed by atoms with Gasteiger partial charge in [0.05, 0.1) is 10.5 Å². The zero-order chi connectivity index (χ0) is 21.1. The highest BCUT2D eigenvalue weighted by Gasteiger charge is 2.29. The van der Waals surface area contributed by atoms with Gasteiger partial charge in [-0.2, -0.15) is 13.2 Å². The van der Waals surface area contributed by atoms with Gasteiger partial charge in [-0.1, -0.05) is 18.2 Å². The number of carbonyl (C=O) groups excluding carboxylic acids is 1. The lowest BCUT2D eigenvalue weighted by Gasteiger charge is -2.14. The lowest BCUT2D eigenvalue weighted by molar-refractivity contribution is -0.137. The highest BCUT2D eigenvalue weighted by molar-refractivity contribution is 7.89. The number of alkyl halides is 3. The second-order valence-corrected chi connectivity index (χ2v) is 8.62. The summed E-state index contributed by atoms with van der Waals surface area (Å²) in [6.07, 6.45) is -4.04. The molecule has 0 fully saturated rings. The smallest absolute Gasteiger partial charge is 0.352 e. The minimum Gasteiger partial charge on any atom is -0.352 e. The number of nitrogens with zero attached hydrogens (tertiary/aromatic N) is 1. The van der Waals surface area contributed by atoms with Crippen molar-refractivity contribution in [3.8, 4) is 0 Å². The van der Waals surface area contributed by atoms with E-state index in [1.807, 2.05) is 0 Å². The van der Waals surface area contributed by atoms with Crippen LogP contribution in [0.1, 0.15) is 27.0 Å². The first-order valence-corrected chi connectivity index (χ1v) is 9.84. The van der Waals surface area contributed by atoms with Crippen LogP contribution in [0.3, 0.4) is 0 Å². The topological polar surface area (TPSA) is 66.5 Å². The number of halogens is 3. The molecule has 1 N–H and O–H groups in total. The molecular formula is C19H21F3N2O3S. The van der Waals surface area contributed by atoms with Crippen molar-refractivity contribution in [1.29, 1.82) is 0 Å². The molecule has 0 spiro atoms. The van der Waals surface area contributed by atoms with Crippen molar-refractivity contribution in [2.45, 2.75) is 24.4 Å². The molecule has 0 radical (unpaired) electrons. The summed E-state index contributed by atoms with van der Waals surface area (Å²) in [4.78, 5) is 12.4. The van der Waals surface area contributed by atoms with Gasteiger partial charge in [0.2, 0.25) is 10.0 Å². The SMILES string of the molecule is Cc1ccc(S(=O)(=O)N(C)C)cc1C(=O)NCCc1ccc(C(F)(F)F)cc1. The monoisotopic (exact) mass is 414 g/mol. The van der Waals surface area contributed by atoms with Crippen LogP contribution in [0.5, 0.6) is 0 Å². The number of hydrogen-bond acceptors (Lipinski definition) is 3. The van der Waals surface area contributed by atoms with Crippen LogP contribution in [0.4, 0.5) is 13.2 Å². The van der Waals surface area contributed by atoms with Crippen molar-refractivity contribution in [3.63, 3.8) is 0 Å². The van der Waals surface area contributed by atoms with Gasteiger partial charge in [-0.15, -0.1) is 0 Å². The number of rotatable bonds is 6. The van der Waals surface area contributed by atoms with E-state index in [0.29, 0.717) is 17.5 Å². The maximum Gasteiger partial charge on any atom is 0.416 e. The standard InChI is InChI=1S/C19H21F3N2O3S/c1-13-4-9-16(28(26,27)24(2)3)12-17(13)18(25)23-11-10-14-5-7-15(8-6-14)19(20,21)22/h4-9,12H,10-11H2,1-3H3,(H,23,25). The third kappa shape index (κ3) is 5.11. The molecule has 0 saturated carbocycles. The normalized spacial score (nSPS) is 12.2. The fourth-order valence-electron chi connectivity index (χ4n) is 2.49. The molecule has 0 unspecified atom stereocenters. The molecule has 2 aromatic carbocycles. The third-order valence-corrected chi connectivity index (χ3v) is 6.02. The molecule has 2 aromatic rings. The quantitative estimate of drug-likeness (QED) is 0.789. The molecule has 152 valence electrons. The summed E-state index contributed by atoms with van der Waals surface area (Å²) in [5, 5.41) is 2.67. The summed E-state index contributed by atoms with van der Waals surface area (Å²) < 4.78 is 63.2. The lowest BCUT2D eigenvalue weighted by atomic mass is 10.1. The first-order chi connectivity index (χ1) is 12.9. The minimum atomic E-state index is -4.39. The summed E-state index contributed by atoms with van der Waals surface area (Å²) in [5.74, 6) is -0.444. The average molecular weight is 414 g/mol. The summed E-state index contributed by atoms with van der Waals surface area (Å²) in [6, 6.07) is 9.03. The first kappa shape index (κ1) is 21.9. The number of carbonyl (C=O) groups is 1. The fourth-order valence-corrected chi connectivity index (χ4v) is 3.42. The van der Waals surface area contributed by atoms with E-state index >= 15 is 0 Å². The Kier molecular flexibility index (Phi) is 6.51. The molecule has 0 aliphatic carbocycles. The number of benzene rings is 2. The van der Waals surface area contributed by atoms with E-state index in [4.69, 9.17) is 0 Å². The van der Waals surface area contributed by atoms with Crippen molar-refractivity contribution in [3.05, 3.63) is 64.7 Å². The number of sulfonamides is 1. The molecule has 0 heterocycles. The van der Waals surface area contributed by atoms with Crippen LogP contribution in [-0.2, 0) is 22.6 Å². The Morgan fingerprint density at radius 1 is 1.07 bits per heavy atom. The van der Waals surface area contributed by atoms with Crippen molar-refractivity contribution in [2.24, 2.45) is 0 Å². The van der Waals surface area contributed by atoms with Crippen molar-refractivity contribution in [1.82, 2.24) is 9.62 Å². The maximum absolute atomic E-state index is 12.6. The molecular weight excluding hydrogens is 393 g/mol. The van der Waals surface area contributed by atoms with Crippen molar-refractivity contribution >= 4 is 15.9 Å². The minimum absolute atomic E-state index is 0.0102. The number of amides is 1. The first-order valence-electron chi connectivity index (χ1n) is 8.40. The third-order valence-electron chi connectivity index (χ3n) is 4.21. The second kappa shape index (κ2) is 8.32. The summed E-state index contributed by atoms with van der Waals surface area (Å²) in [5.41, 5.74) is 0.767. The van der Waals surface area contributed by atoms with E-state index in [9.17, 15) is 26.4 Å². The van der Waals surface area contributed by atoms with Crippen LogP contribution >= 0.6 is 0 Å². The van der Waals surface area contributed by atoms with Crippen LogP contribution in [0.2, 0.25) is 0 Å². The van der Waals surface area contributed by atoms with Gasteiger partial charge >= 0.3 is 6.18 Å². The van der Waals surface area contributed by atoms with E-state index < -0.39 is 27.7 Å². The Bertz CT molecular complexity index is 953. The molecule has 2 rings (SSSR count). The van der Waals surface area contributed by atoms with Gasteiger partial charge < -0.3 is 5.32 Å². The Morgan fingerprint density at radius 2 is 1.68 bits per heavy atom. The summed E-state index contributed by atoms with van der Waals surface area (Å²) >= 11 is 0. The Balaban J connectivity index is 2.05. The zero-order valence-electron chi connectivity index (χ0n) is 15.7. The predicted molar refractivity (Wildman–Crippen MR) is 99.5 cm³/mol. The van der Waals surface area contributed by atoms with E-state index in [0.717, 1.165) is 16.4 Å². The van der Waals surface area contributed by atoms with Crippen LogP contribution < -0.4 is 5.32 Å². The molecule has 1 amide bonds. The largest absolute Gasteiger partial charge is 0.416 e. The van der Waals surface area contributed by atoms with Crippen molar-refractivity contribution in [2.75, 3.05) is 20.6 Å². The molecule has 0 aliphatic rings. The summed E-state index contributed by atoms with van der Waals surface area (Å²) in [7, 11) is -0.864. The Labute approximate surface area is 162 Å². The van der Waals surface area contributed by atoms with E-state index in [2.05, 4.69) is 5.32 Å². The maximum atomic E-state index is 12.6. The van der Waals surface area contributed by atoms with E-state index in [1.165, 1.54) is 38.4 Å². The molecule has 0 atom stereocenters. The van der Waals surface area contributed by atoms with Gasteiger partial charge in [0, 0.05) is 26.2 Å². The summed E-state index contributed by atoms with van der Waals surface area (Å²) in [6.45, 7) is 1.89. The number of nitrogens with one attached hydrogen (secondary N) is 1. The lowest BCUT2D eigenvalue weighted by Crippen LogP contribution is -2.27. The molecule has 0 aliphatic heterocycles. The molecule has 9 heteroatoms. The van der Waals surface area contributed by atoms with E-state index in [1.54, 1.807) is 13.0 Å². The Morgan fingerprint density at radius 3 is 2.21 bits per heavy atom. The van der Waals surface area contributed by atoms with Gasteiger partial charge in [-0.05, 0) is 48.7 Å². The molecule has 0 saturated heterocycles. The molecule has 5 nitrogen and oxygen atoms in total. The molecule has 28 heavy (non-hydrogen) atoms. The predicted octanol–water partition coefficient (Wildman–Crippen LogP) is 3.24. The van der Waals surface area contributed by atoms with Gasteiger partial charge in [-0.3, -0.25) is 4.79 Å². The number of hydrogen-bond donors (Lipinski definition) is 1. The number of aryl methyl sites for hydroxylation is 1. The Hall–Kier alpha value is -2.39. The average Bonchev–Trinajstić information content (AvgIpc) is 2.61. The van der Waals surface area contributed by atoms with Crippen LogP contribution in [-0.4, -0.2) is 39.3 Å². The van der Waals surface area contributed by atoms with Gasteiger partial charge in [0.25, 0.3) is 5.91 Å².